The Morgan fingerprint density at radius 2 is 1.75 bits per heavy atom. The van der Waals surface area contributed by atoms with E-state index in [0.717, 1.165) is 6.26 Å². The summed E-state index contributed by atoms with van der Waals surface area (Å²) in [7, 11) is -7.31. The molecule has 0 aliphatic heterocycles. The Kier molecular flexibility index (Phi) is 4.65. The lowest BCUT2D eigenvalue weighted by Crippen LogP contribution is -2.48. The molecule has 6 nitrogen and oxygen atoms in total. The van der Waals surface area contributed by atoms with Crippen LogP contribution in [0.25, 0.3) is 0 Å². The lowest BCUT2D eigenvalue weighted by molar-refractivity contribution is 0.462. The zero-order valence-corrected chi connectivity index (χ0v) is 13.6. The molecule has 1 aromatic carbocycles. The summed E-state index contributed by atoms with van der Waals surface area (Å²) in [6, 6.07) is 4.03. The highest BCUT2D eigenvalue weighted by molar-refractivity contribution is 7.91. The Balaban J connectivity index is 3.39. The van der Waals surface area contributed by atoms with E-state index >= 15 is 0 Å². The van der Waals surface area contributed by atoms with Gasteiger partial charge in [-0.3, -0.25) is 0 Å². The van der Waals surface area contributed by atoms with Gasteiger partial charge in [0.25, 0.3) is 0 Å². The average molecular weight is 320 g/mol. The first-order valence-corrected chi connectivity index (χ1v) is 9.31. The van der Waals surface area contributed by atoms with Crippen molar-refractivity contribution in [2.75, 3.05) is 12.8 Å². The van der Waals surface area contributed by atoms with Crippen LogP contribution in [0.5, 0.6) is 0 Å². The van der Waals surface area contributed by atoms with Crippen LogP contribution in [0.4, 0.5) is 0 Å². The second-order valence-electron chi connectivity index (χ2n) is 5.39. The lowest BCUT2D eigenvalue weighted by Gasteiger charge is -2.24. The Labute approximate surface area is 120 Å². The van der Waals surface area contributed by atoms with Crippen molar-refractivity contribution in [2.24, 2.45) is 5.73 Å². The van der Waals surface area contributed by atoms with E-state index in [9.17, 15) is 16.8 Å². The monoisotopic (exact) mass is 320 g/mol. The van der Waals surface area contributed by atoms with E-state index in [1.165, 1.54) is 18.2 Å². The summed E-state index contributed by atoms with van der Waals surface area (Å²) in [5.41, 5.74) is 5.16. The van der Waals surface area contributed by atoms with Crippen LogP contribution in [-0.4, -0.2) is 35.2 Å². The summed E-state index contributed by atoms with van der Waals surface area (Å²) >= 11 is 0. The third-order valence-electron chi connectivity index (χ3n) is 2.80. The number of sulfone groups is 1. The SMILES string of the molecule is Cc1ccc(S(C)(=O)=O)cc1S(=O)(=O)NC(C)(C)CN. The molecule has 0 radical (unpaired) electrons. The van der Waals surface area contributed by atoms with Crippen LogP contribution in [0.3, 0.4) is 0 Å². The predicted molar refractivity (Wildman–Crippen MR) is 77.7 cm³/mol. The van der Waals surface area contributed by atoms with Crippen LogP contribution in [0.2, 0.25) is 0 Å². The van der Waals surface area contributed by atoms with E-state index in [1.807, 2.05) is 0 Å². The van der Waals surface area contributed by atoms with Crippen LogP contribution in [0, 0.1) is 6.92 Å². The van der Waals surface area contributed by atoms with Gasteiger partial charge in [0, 0.05) is 18.3 Å². The van der Waals surface area contributed by atoms with Crippen LogP contribution >= 0.6 is 0 Å². The normalized spacial score (nSPS) is 13.4. The fourth-order valence-electron chi connectivity index (χ4n) is 1.56. The first kappa shape index (κ1) is 17.1. The second kappa shape index (κ2) is 5.44. The summed E-state index contributed by atoms with van der Waals surface area (Å²) in [5.74, 6) is 0. The van der Waals surface area contributed by atoms with E-state index in [0.29, 0.717) is 5.56 Å². The van der Waals surface area contributed by atoms with Gasteiger partial charge in [-0.15, -0.1) is 0 Å². The van der Waals surface area contributed by atoms with Crippen molar-refractivity contribution >= 4 is 19.9 Å². The van der Waals surface area contributed by atoms with Crippen LogP contribution in [-0.2, 0) is 19.9 Å². The number of aryl methyl sites for hydroxylation is 1. The molecule has 0 aromatic heterocycles. The van der Waals surface area contributed by atoms with E-state index in [1.54, 1.807) is 20.8 Å². The highest BCUT2D eigenvalue weighted by atomic mass is 32.2. The van der Waals surface area contributed by atoms with E-state index in [-0.39, 0.29) is 16.3 Å². The first-order chi connectivity index (χ1) is 8.89. The smallest absolute Gasteiger partial charge is 0.241 e. The molecule has 20 heavy (non-hydrogen) atoms. The second-order valence-corrected chi connectivity index (χ2v) is 9.06. The van der Waals surface area contributed by atoms with Gasteiger partial charge in [-0.25, -0.2) is 21.6 Å². The van der Waals surface area contributed by atoms with Crippen molar-refractivity contribution in [2.45, 2.75) is 36.1 Å². The van der Waals surface area contributed by atoms with Gasteiger partial charge in [-0.2, -0.15) is 0 Å². The summed E-state index contributed by atoms with van der Waals surface area (Å²) in [6.07, 6.45) is 1.03. The topological polar surface area (TPSA) is 106 Å². The Morgan fingerprint density at radius 1 is 1.20 bits per heavy atom. The van der Waals surface area contributed by atoms with Crippen LogP contribution < -0.4 is 10.5 Å². The van der Waals surface area contributed by atoms with Gasteiger partial charge in [0.15, 0.2) is 9.84 Å². The fraction of sp³-hybridized carbons (Fsp3) is 0.500. The molecule has 0 unspecified atom stereocenters. The predicted octanol–water partition coefficient (Wildman–Crippen LogP) is 0.414. The van der Waals surface area contributed by atoms with E-state index < -0.39 is 25.4 Å². The highest BCUT2D eigenvalue weighted by Gasteiger charge is 2.27. The Morgan fingerprint density at radius 3 is 2.20 bits per heavy atom. The summed E-state index contributed by atoms with van der Waals surface area (Å²) in [6.45, 7) is 5.04. The van der Waals surface area contributed by atoms with Crippen molar-refractivity contribution in [3.05, 3.63) is 23.8 Å². The largest absolute Gasteiger partial charge is 0.329 e. The van der Waals surface area contributed by atoms with E-state index in [2.05, 4.69) is 4.72 Å². The van der Waals surface area contributed by atoms with Gasteiger partial charge >= 0.3 is 0 Å². The lowest BCUT2D eigenvalue weighted by atomic mass is 10.1. The minimum atomic E-state index is -3.84. The van der Waals surface area contributed by atoms with Gasteiger partial charge in [0.1, 0.15) is 0 Å². The first-order valence-electron chi connectivity index (χ1n) is 5.94. The molecule has 0 aliphatic rings. The molecule has 0 bridgehead atoms. The number of sulfonamides is 1. The molecule has 114 valence electrons. The third-order valence-corrected chi connectivity index (χ3v) is 5.75. The van der Waals surface area contributed by atoms with Crippen molar-refractivity contribution in [1.29, 1.82) is 0 Å². The zero-order valence-electron chi connectivity index (χ0n) is 12.0. The van der Waals surface area contributed by atoms with Gasteiger partial charge in [-0.05, 0) is 38.5 Å². The standard InChI is InChI=1S/C12H20N2O4S2/c1-9-5-6-10(19(4,15)16)7-11(9)20(17,18)14-12(2,3)8-13/h5-7,14H,8,13H2,1-4H3. The fourth-order valence-corrected chi connectivity index (χ4v) is 3.98. The summed E-state index contributed by atoms with van der Waals surface area (Å²) in [4.78, 5) is -0.0871. The molecular formula is C12H20N2O4S2. The van der Waals surface area contributed by atoms with Gasteiger partial charge in [0.05, 0.1) is 9.79 Å². The molecule has 1 aromatic rings. The molecule has 0 fully saturated rings. The summed E-state index contributed by atoms with van der Waals surface area (Å²) < 4.78 is 50.2. The molecule has 8 heteroatoms. The highest BCUT2D eigenvalue weighted by Crippen LogP contribution is 2.21. The molecule has 0 spiro atoms. The number of benzene rings is 1. The summed E-state index contributed by atoms with van der Waals surface area (Å²) in [5, 5.41) is 0. The minimum Gasteiger partial charge on any atom is -0.329 e. The van der Waals surface area contributed by atoms with Crippen molar-refractivity contribution in [3.63, 3.8) is 0 Å². The number of hydrogen-bond acceptors (Lipinski definition) is 5. The molecule has 0 heterocycles. The molecule has 0 aliphatic carbocycles. The molecule has 3 N–H and O–H groups in total. The molecule has 0 saturated carbocycles. The molecule has 0 atom stereocenters. The average Bonchev–Trinajstić information content (AvgIpc) is 2.26. The molecular weight excluding hydrogens is 300 g/mol. The zero-order chi connectivity index (χ0) is 15.8. The maximum atomic E-state index is 12.3. The van der Waals surface area contributed by atoms with Gasteiger partial charge < -0.3 is 5.73 Å². The molecule has 1 rings (SSSR count). The maximum absolute atomic E-state index is 12.3. The third kappa shape index (κ3) is 4.02. The van der Waals surface area contributed by atoms with Gasteiger partial charge in [0.2, 0.25) is 10.0 Å². The van der Waals surface area contributed by atoms with Gasteiger partial charge in [-0.1, -0.05) is 6.07 Å². The minimum absolute atomic E-state index is 0.0333. The Bertz CT molecular complexity index is 707. The number of hydrogen-bond donors (Lipinski definition) is 2. The van der Waals surface area contributed by atoms with Crippen molar-refractivity contribution in [3.8, 4) is 0 Å². The van der Waals surface area contributed by atoms with Crippen molar-refractivity contribution < 1.29 is 16.8 Å². The molecule has 0 amide bonds. The maximum Gasteiger partial charge on any atom is 0.241 e. The molecule has 0 saturated heterocycles. The quantitative estimate of drug-likeness (QED) is 0.817. The van der Waals surface area contributed by atoms with Crippen LogP contribution in [0.1, 0.15) is 19.4 Å². The number of nitrogens with one attached hydrogen (secondary N) is 1. The number of nitrogens with two attached hydrogens (primary N) is 1. The Hall–Kier alpha value is -0.960. The van der Waals surface area contributed by atoms with Crippen molar-refractivity contribution in [1.82, 2.24) is 4.72 Å². The van der Waals surface area contributed by atoms with E-state index in [4.69, 9.17) is 5.73 Å². The van der Waals surface area contributed by atoms with Crippen LogP contribution in [0.15, 0.2) is 28.0 Å². The number of rotatable bonds is 5.